The van der Waals surface area contributed by atoms with Crippen LogP contribution in [0.25, 0.3) is 0 Å². The van der Waals surface area contributed by atoms with E-state index in [0.717, 1.165) is 7.11 Å². The van der Waals surface area contributed by atoms with Gasteiger partial charge < -0.3 is 20.1 Å². The average Bonchev–Trinajstić information content (AvgIpc) is 2.34. The number of aliphatic hydroxyl groups is 1. The zero-order chi connectivity index (χ0) is 13.7. The van der Waals surface area contributed by atoms with Gasteiger partial charge in [-0.3, -0.25) is 9.59 Å². The summed E-state index contributed by atoms with van der Waals surface area (Å²) in [6, 6.07) is 2.95. The molecule has 1 heterocycles. The number of rotatable bonds is 4. The standard InChI is InChI=1S/C11H14N2O5/c1-6-3-4-7(10(16)13-6)9(15)12-5-8(14)11(17)18-2/h3-4,8,14H,5H2,1-2H3,(H,12,15)(H,13,16). The molecule has 1 rings (SSSR count). The predicted octanol–water partition coefficient (Wildman–Crippen LogP) is -1.05. The van der Waals surface area contributed by atoms with Crippen molar-refractivity contribution in [1.82, 2.24) is 10.3 Å². The van der Waals surface area contributed by atoms with Crippen LogP contribution in [0.2, 0.25) is 0 Å². The summed E-state index contributed by atoms with van der Waals surface area (Å²) in [4.78, 5) is 36.4. The number of amides is 1. The van der Waals surface area contributed by atoms with Crippen molar-refractivity contribution in [2.24, 2.45) is 0 Å². The molecule has 0 aliphatic carbocycles. The Morgan fingerprint density at radius 3 is 2.72 bits per heavy atom. The summed E-state index contributed by atoms with van der Waals surface area (Å²) >= 11 is 0. The number of aromatic amines is 1. The number of aromatic nitrogens is 1. The van der Waals surface area contributed by atoms with Gasteiger partial charge in [-0.1, -0.05) is 0 Å². The van der Waals surface area contributed by atoms with Gasteiger partial charge in [0.2, 0.25) is 0 Å². The minimum Gasteiger partial charge on any atom is -0.467 e. The van der Waals surface area contributed by atoms with Crippen LogP contribution in [-0.4, -0.2) is 41.7 Å². The van der Waals surface area contributed by atoms with Gasteiger partial charge in [-0.15, -0.1) is 0 Å². The van der Waals surface area contributed by atoms with Crippen LogP contribution in [0, 0.1) is 6.92 Å². The molecule has 1 amide bonds. The molecule has 0 spiro atoms. The third-order valence-electron chi connectivity index (χ3n) is 2.23. The van der Waals surface area contributed by atoms with Gasteiger partial charge in [0.1, 0.15) is 5.56 Å². The minimum atomic E-state index is -1.46. The van der Waals surface area contributed by atoms with Gasteiger partial charge in [0.05, 0.1) is 13.7 Å². The van der Waals surface area contributed by atoms with Crippen molar-refractivity contribution in [3.05, 3.63) is 33.7 Å². The number of ether oxygens (including phenoxy) is 1. The maximum Gasteiger partial charge on any atom is 0.336 e. The van der Waals surface area contributed by atoms with Crippen LogP contribution in [0.1, 0.15) is 16.1 Å². The van der Waals surface area contributed by atoms with E-state index in [9.17, 15) is 19.5 Å². The second-order valence-corrected chi connectivity index (χ2v) is 3.63. The summed E-state index contributed by atoms with van der Waals surface area (Å²) < 4.78 is 4.28. The molecule has 0 saturated heterocycles. The van der Waals surface area contributed by atoms with E-state index in [0.29, 0.717) is 5.69 Å². The number of hydrogen-bond acceptors (Lipinski definition) is 5. The van der Waals surface area contributed by atoms with E-state index >= 15 is 0 Å². The van der Waals surface area contributed by atoms with E-state index in [4.69, 9.17) is 0 Å². The predicted molar refractivity (Wildman–Crippen MR) is 62.2 cm³/mol. The summed E-state index contributed by atoms with van der Waals surface area (Å²) in [6.07, 6.45) is -1.46. The van der Waals surface area contributed by atoms with Crippen molar-refractivity contribution >= 4 is 11.9 Å². The molecule has 1 aromatic rings. The highest BCUT2D eigenvalue weighted by Crippen LogP contribution is 1.94. The lowest BCUT2D eigenvalue weighted by Crippen LogP contribution is -2.39. The van der Waals surface area contributed by atoms with Crippen molar-refractivity contribution in [3.63, 3.8) is 0 Å². The largest absolute Gasteiger partial charge is 0.467 e. The van der Waals surface area contributed by atoms with Crippen LogP contribution in [0.4, 0.5) is 0 Å². The molecule has 3 N–H and O–H groups in total. The summed E-state index contributed by atoms with van der Waals surface area (Å²) in [6.45, 7) is 1.36. The number of pyridine rings is 1. The van der Waals surface area contributed by atoms with Gasteiger partial charge in [-0.2, -0.15) is 0 Å². The van der Waals surface area contributed by atoms with Gasteiger partial charge in [-0.25, -0.2) is 4.79 Å². The van der Waals surface area contributed by atoms with E-state index in [1.807, 2.05) is 0 Å². The number of aryl methyl sites for hydroxylation is 1. The molecule has 0 aliphatic rings. The number of aliphatic hydroxyl groups excluding tert-OH is 1. The lowest BCUT2D eigenvalue weighted by Gasteiger charge is -2.09. The van der Waals surface area contributed by atoms with Crippen molar-refractivity contribution in [2.45, 2.75) is 13.0 Å². The molecule has 7 heteroatoms. The molecule has 1 atom stereocenters. The van der Waals surface area contributed by atoms with E-state index in [2.05, 4.69) is 15.0 Å². The summed E-state index contributed by atoms with van der Waals surface area (Å²) in [5.41, 5.74) is 0.0175. The van der Waals surface area contributed by atoms with E-state index in [1.54, 1.807) is 13.0 Å². The normalized spacial score (nSPS) is 11.7. The van der Waals surface area contributed by atoms with Crippen LogP contribution in [0.15, 0.2) is 16.9 Å². The van der Waals surface area contributed by atoms with Crippen LogP contribution in [-0.2, 0) is 9.53 Å². The Morgan fingerprint density at radius 1 is 1.50 bits per heavy atom. The van der Waals surface area contributed by atoms with Crippen LogP contribution in [0.3, 0.4) is 0 Å². The van der Waals surface area contributed by atoms with Crippen LogP contribution >= 0.6 is 0 Å². The molecule has 98 valence electrons. The van der Waals surface area contributed by atoms with E-state index < -0.39 is 23.5 Å². The molecule has 7 nitrogen and oxygen atoms in total. The van der Waals surface area contributed by atoms with Crippen molar-refractivity contribution < 1.29 is 19.4 Å². The summed E-state index contributed by atoms with van der Waals surface area (Å²) in [5, 5.41) is 11.5. The van der Waals surface area contributed by atoms with Crippen molar-refractivity contribution in [1.29, 1.82) is 0 Å². The zero-order valence-electron chi connectivity index (χ0n) is 10.0. The van der Waals surface area contributed by atoms with E-state index in [1.165, 1.54) is 6.07 Å². The Hall–Kier alpha value is -2.15. The topological polar surface area (TPSA) is 108 Å². The first-order valence-electron chi connectivity index (χ1n) is 5.19. The van der Waals surface area contributed by atoms with Crippen molar-refractivity contribution in [3.8, 4) is 0 Å². The monoisotopic (exact) mass is 254 g/mol. The van der Waals surface area contributed by atoms with Gasteiger partial charge in [0.25, 0.3) is 11.5 Å². The average molecular weight is 254 g/mol. The van der Waals surface area contributed by atoms with E-state index in [-0.39, 0.29) is 12.1 Å². The number of carbonyl (C=O) groups excluding carboxylic acids is 2. The molecule has 0 aromatic carbocycles. The number of nitrogens with one attached hydrogen (secondary N) is 2. The Morgan fingerprint density at radius 2 is 2.17 bits per heavy atom. The molecule has 0 radical (unpaired) electrons. The molecule has 1 aromatic heterocycles. The Bertz CT molecular complexity index is 508. The quantitative estimate of drug-likeness (QED) is 0.594. The van der Waals surface area contributed by atoms with Gasteiger partial charge in [-0.05, 0) is 19.1 Å². The fourth-order valence-corrected chi connectivity index (χ4v) is 1.25. The second-order valence-electron chi connectivity index (χ2n) is 3.63. The maximum absolute atomic E-state index is 11.6. The number of esters is 1. The number of H-pyrrole nitrogens is 1. The molecule has 0 bridgehead atoms. The Kier molecular flexibility index (Phi) is 4.61. The summed E-state index contributed by atoms with van der Waals surface area (Å²) in [7, 11) is 1.12. The molecule has 0 aliphatic heterocycles. The molecule has 0 saturated carbocycles. The summed E-state index contributed by atoms with van der Waals surface area (Å²) in [5.74, 6) is -1.52. The SMILES string of the molecule is COC(=O)C(O)CNC(=O)c1ccc(C)[nH]c1=O. The lowest BCUT2D eigenvalue weighted by atomic mass is 10.2. The molecule has 18 heavy (non-hydrogen) atoms. The third kappa shape index (κ3) is 3.42. The van der Waals surface area contributed by atoms with Crippen molar-refractivity contribution in [2.75, 3.05) is 13.7 Å². The molecule has 1 unspecified atom stereocenters. The van der Waals surface area contributed by atoms with Crippen LogP contribution < -0.4 is 10.9 Å². The third-order valence-corrected chi connectivity index (χ3v) is 2.23. The van der Waals surface area contributed by atoms with Gasteiger partial charge in [0, 0.05) is 5.69 Å². The first kappa shape index (κ1) is 13.9. The minimum absolute atomic E-state index is 0.0855. The highest BCUT2D eigenvalue weighted by atomic mass is 16.5. The molecular weight excluding hydrogens is 240 g/mol. The first-order valence-corrected chi connectivity index (χ1v) is 5.19. The number of hydrogen-bond donors (Lipinski definition) is 3. The fourth-order valence-electron chi connectivity index (χ4n) is 1.25. The van der Waals surface area contributed by atoms with Crippen LogP contribution in [0.5, 0.6) is 0 Å². The smallest absolute Gasteiger partial charge is 0.336 e. The zero-order valence-corrected chi connectivity index (χ0v) is 10.0. The fraction of sp³-hybridized carbons (Fsp3) is 0.364. The Labute approximate surface area is 103 Å². The number of carbonyl (C=O) groups is 2. The maximum atomic E-state index is 11.6. The second kappa shape index (κ2) is 5.97. The highest BCUT2D eigenvalue weighted by molar-refractivity contribution is 5.94. The lowest BCUT2D eigenvalue weighted by molar-refractivity contribution is -0.149. The van der Waals surface area contributed by atoms with Gasteiger partial charge in [0.15, 0.2) is 6.10 Å². The highest BCUT2D eigenvalue weighted by Gasteiger charge is 2.17. The number of methoxy groups -OCH3 is 1. The molecule has 0 fully saturated rings. The van der Waals surface area contributed by atoms with Gasteiger partial charge >= 0.3 is 5.97 Å². The molecular formula is C11H14N2O5. The first-order chi connectivity index (χ1) is 8.45. The Balaban J connectivity index is 2.66.